The van der Waals surface area contributed by atoms with E-state index >= 15 is 0 Å². The molecule has 20 heavy (non-hydrogen) atoms. The second kappa shape index (κ2) is 5.47. The molecular formula is C15H23NO3S. The lowest BCUT2D eigenvalue weighted by Crippen LogP contribution is -2.48. The number of ether oxygens (including phenoxy) is 1. The van der Waals surface area contributed by atoms with Crippen molar-refractivity contribution >= 4 is 10.0 Å². The Balaban J connectivity index is 2.43. The third-order valence-corrected chi connectivity index (χ3v) is 5.99. The van der Waals surface area contributed by atoms with Gasteiger partial charge in [-0.1, -0.05) is 6.07 Å². The van der Waals surface area contributed by atoms with Gasteiger partial charge >= 0.3 is 0 Å². The van der Waals surface area contributed by atoms with Crippen LogP contribution in [0, 0.1) is 20.8 Å². The maximum atomic E-state index is 12.8. The van der Waals surface area contributed by atoms with Gasteiger partial charge in [-0.15, -0.1) is 0 Å². The number of morpholine rings is 1. The van der Waals surface area contributed by atoms with Crippen molar-refractivity contribution in [1.82, 2.24) is 4.31 Å². The molecule has 0 radical (unpaired) electrons. The first kappa shape index (κ1) is 15.5. The predicted molar refractivity (Wildman–Crippen MR) is 79.4 cm³/mol. The van der Waals surface area contributed by atoms with Crippen LogP contribution in [0.1, 0.15) is 30.5 Å². The maximum Gasteiger partial charge on any atom is 0.243 e. The minimum Gasteiger partial charge on any atom is -0.373 e. The smallest absolute Gasteiger partial charge is 0.243 e. The first-order valence-corrected chi connectivity index (χ1v) is 8.40. The molecule has 1 aromatic carbocycles. The van der Waals surface area contributed by atoms with Crippen molar-refractivity contribution in [2.45, 2.75) is 51.7 Å². The van der Waals surface area contributed by atoms with E-state index in [4.69, 9.17) is 4.74 Å². The van der Waals surface area contributed by atoms with Gasteiger partial charge in [0.05, 0.1) is 17.1 Å². The average Bonchev–Trinajstić information content (AvgIpc) is 2.34. The van der Waals surface area contributed by atoms with Gasteiger partial charge in [-0.2, -0.15) is 4.31 Å². The van der Waals surface area contributed by atoms with E-state index in [1.165, 1.54) is 0 Å². The Kier molecular flexibility index (Phi) is 4.23. The largest absolute Gasteiger partial charge is 0.373 e. The van der Waals surface area contributed by atoms with Crippen LogP contribution < -0.4 is 0 Å². The van der Waals surface area contributed by atoms with E-state index in [1.54, 1.807) is 10.4 Å². The van der Waals surface area contributed by atoms with Crippen molar-refractivity contribution < 1.29 is 13.2 Å². The van der Waals surface area contributed by atoms with Crippen molar-refractivity contribution in [2.24, 2.45) is 0 Å². The van der Waals surface area contributed by atoms with Crippen LogP contribution >= 0.6 is 0 Å². The van der Waals surface area contributed by atoms with Crippen molar-refractivity contribution in [1.29, 1.82) is 0 Å². The standard InChI is InChI=1S/C15H23NO3S/c1-10-6-7-15(14(5)13(10)4)20(17,18)16-8-11(2)19-12(3)9-16/h6-7,11-12H,8-9H2,1-5H3/t11-,12+. The third kappa shape index (κ3) is 2.75. The lowest BCUT2D eigenvalue weighted by Gasteiger charge is -2.34. The van der Waals surface area contributed by atoms with Crippen LogP contribution in [0.25, 0.3) is 0 Å². The van der Waals surface area contributed by atoms with Gasteiger partial charge in [-0.3, -0.25) is 0 Å². The van der Waals surface area contributed by atoms with Gasteiger partial charge in [0.15, 0.2) is 0 Å². The molecule has 1 fully saturated rings. The van der Waals surface area contributed by atoms with Gasteiger partial charge in [-0.05, 0) is 57.4 Å². The summed E-state index contributed by atoms with van der Waals surface area (Å²) in [5.74, 6) is 0. The Morgan fingerprint density at radius 2 is 1.60 bits per heavy atom. The van der Waals surface area contributed by atoms with E-state index in [0.29, 0.717) is 18.0 Å². The summed E-state index contributed by atoms with van der Waals surface area (Å²) in [7, 11) is -3.44. The van der Waals surface area contributed by atoms with E-state index in [-0.39, 0.29) is 12.2 Å². The fraction of sp³-hybridized carbons (Fsp3) is 0.600. The predicted octanol–water partition coefficient (Wildman–Crippen LogP) is 2.41. The second-order valence-electron chi connectivity index (χ2n) is 5.71. The first-order valence-electron chi connectivity index (χ1n) is 6.96. The Morgan fingerprint density at radius 1 is 1.05 bits per heavy atom. The lowest BCUT2D eigenvalue weighted by atomic mass is 10.1. The number of aryl methyl sites for hydroxylation is 1. The zero-order valence-electron chi connectivity index (χ0n) is 12.8. The van der Waals surface area contributed by atoms with E-state index in [0.717, 1.165) is 16.7 Å². The van der Waals surface area contributed by atoms with Crippen LogP contribution in [0.5, 0.6) is 0 Å². The highest BCUT2D eigenvalue weighted by atomic mass is 32.2. The van der Waals surface area contributed by atoms with Crippen LogP contribution in [0.4, 0.5) is 0 Å². The topological polar surface area (TPSA) is 46.6 Å². The molecule has 0 aromatic heterocycles. The van der Waals surface area contributed by atoms with Crippen molar-refractivity contribution in [3.05, 3.63) is 28.8 Å². The highest BCUT2D eigenvalue weighted by Gasteiger charge is 2.33. The summed E-state index contributed by atoms with van der Waals surface area (Å²) in [6.45, 7) is 10.5. The number of hydrogen-bond acceptors (Lipinski definition) is 3. The van der Waals surface area contributed by atoms with Crippen LogP contribution in [0.15, 0.2) is 17.0 Å². The molecule has 2 atom stereocenters. The zero-order chi connectivity index (χ0) is 15.1. The van der Waals surface area contributed by atoms with E-state index in [9.17, 15) is 8.42 Å². The molecule has 0 N–H and O–H groups in total. The summed E-state index contributed by atoms with van der Waals surface area (Å²) in [4.78, 5) is 0.418. The maximum absolute atomic E-state index is 12.8. The van der Waals surface area contributed by atoms with Crippen LogP contribution in [0.2, 0.25) is 0 Å². The van der Waals surface area contributed by atoms with Gasteiger partial charge in [-0.25, -0.2) is 8.42 Å². The quantitative estimate of drug-likeness (QED) is 0.842. The molecule has 1 heterocycles. The van der Waals surface area contributed by atoms with Crippen molar-refractivity contribution in [2.75, 3.05) is 13.1 Å². The fourth-order valence-electron chi connectivity index (χ4n) is 2.68. The van der Waals surface area contributed by atoms with Gasteiger partial charge in [0.1, 0.15) is 0 Å². The minimum absolute atomic E-state index is 0.0691. The first-order chi connectivity index (χ1) is 9.23. The summed E-state index contributed by atoms with van der Waals surface area (Å²) in [6, 6.07) is 3.60. The number of sulfonamides is 1. The van der Waals surface area contributed by atoms with E-state index < -0.39 is 10.0 Å². The molecule has 2 rings (SSSR count). The minimum atomic E-state index is -3.44. The van der Waals surface area contributed by atoms with Gasteiger partial charge in [0.25, 0.3) is 0 Å². The van der Waals surface area contributed by atoms with Crippen molar-refractivity contribution in [3.8, 4) is 0 Å². The summed E-state index contributed by atoms with van der Waals surface area (Å²) in [6.07, 6.45) is -0.138. The monoisotopic (exact) mass is 297 g/mol. The Morgan fingerprint density at radius 3 is 2.15 bits per heavy atom. The Labute approximate surface area is 121 Å². The van der Waals surface area contributed by atoms with Gasteiger partial charge in [0, 0.05) is 13.1 Å². The highest BCUT2D eigenvalue weighted by Crippen LogP contribution is 2.26. The van der Waals surface area contributed by atoms with E-state index in [2.05, 4.69) is 0 Å². The van der Waals surface area contributed by atoms with Crippen LogP contribution in [-0.2, 0) is 14.8 Å². The molecule has 1 aliphatic rings. The highest BCUT2D eigenvalue weighted by molar-refractivity contribution is 7.89. The van der Waals surface area contributed by atoms with E-state index in [1.807, 2.05) is 40.7 Å². The second-order valence-corrected chi connectivity index (χ2v) is 7.62. The van der Waals surface area contributed by atoms with Crippen LogP contribution in [-0.4, -0.2) is 38.0 Å². The molecular weight excluding hydrogens is 274 g/mol. The molecule has 4 nitrogen and oxygen atoms in total. The summed E-state index contributed by atoms with van der Waals surface area (Å²) < 4.78 is 32.8. The average molecular weight is 297 g/mol. The molecule has 0 amide bonds. The lowest BCUT2D eigenvalue weighted by molar-refractivity contribution is -0.0440. The Bertz CT molecular complexity index is 600. The summed E-state index contributed by atoms with van der Waals surface area (Å²) in [5, 5.41) is 0. The Hall–Kier alpha value is -0.910. The molecule has 0 aliphatic carbocycles. The van der Waals surface area contributed by atoms with Crippen LogP contribution in [0.3, 0.4) is 0 Å². The van der Waals surface area contributed by atoms with Gasteiger partial charge in [0.2, 0.25) is 10.0 Å². The number of benzene rings is 1. The number of hydrogen-bond donors (Lipinski definition) is 0. The molecule has 0 spiro atoms. The van der Waals surface area contributed by atoms with Crippen molar-refractivity contribution in [3.63, 3.8) is 0 Å². The number of nitrogens with zero attached hydrogens (tertiary/aromatic N) is 1. The molecule has 1 saturated heterocycles. The molecule has 0 unspecified atom stereocenters. The molecule has 5 heteroatoms. The summed E-state index contributed by atoms with van der Waals surface area (Å²) >= 11 is 0. The third-order valence-electron chi connectivity index (χ3n) is 4.01. The number of rotatable bonds is 2. The molecule has 0 bridgehead atoms. The molecule has 112 valence electrons. The molecule has 1 aromatic rings. The zero-order valence-corrected chi connectivity index (χ0v) is 13.6. The molecule has 0 saturated carbocycles. The fourth-order valence-corrected chi connectivity index (χ4v) is 4.55. The normalized spacial score (nSPS) is 24.9. The molecule has 1 aliphatic heterocycles. The summed E-state index contributed by atoms with van der Waals surface area (Å²) in [5.41, 5.74) is 3.00. The van der Waals surface area contributed by atoms with Gasteiger partial charge < -0.3 is 4.74 Å². The SMILES string of the molecule is Cc1ccc(S(=O)(=O)N2C[C@@H](C)O[C@@H](C)C2)c(C)c1C.